The summed E-state index contributed by atoms with van der Waals surface area (Å²) in [7, 11) is 0. The van der Waals surface area contributed by atoms with Crippen molar-refractivity contribution in [3.63, 3.8) is 0 Å². The smallest absolute Gasteiger partial charge is 0.344 e. The van der Waals surface area contributed by atoms with Gasteiger partial charge in [0.2, 0.25) is 0 Å². The van der Waals surface area contributed by atoms with Crippen LogP contribution in [0.25, 0.3) is 0 Å². The number of nitriles is 1. The Labute approximate surface area is 104 Å². The van der Waals surface area contributed by atoms with Crippen LogP contribution in [-0.4, -0.2) is 24.6 Å². The highest BCUT2D eigenvalue weighted by Crippen LogP contribution is 2.11. The minimum Gasteiger partial charge on any atom is -0.482 e. The van der Waals surface area contributed by atoms with Gasteiger partial charge in [-0.1, -0.05) is 0 Å². The molecule has 0 spiro atoms. The molecule has 1 atom stereocenters. The van der Waals surface area contributed by atoms with Gasteiger partial charge in [0, 0.05) is 0 Å². The number of nitrogens with zero attached hydrogens (tertiary/aromatic N) is 1. The van der Waals surface area contributed by atoms with E-state index in [0.29, 0.717) is 11.3 Å². The summed E-state index contributed by atoms with van der Waals surface area (Å²) in [5.74, 6) is -0.981. The van der Waals surface area contributed by atoms with E-state index in [4.69, 9.17) is 15.7 Å². The van der Waals surface area contributed by atoms with Gasteiger partial charge < -0.3 is 15.2 Å². The number of rotatable bonds is 5. The summed E-state index contributed by atoms with van der Waals surface area (Å²) < 4.78 is 9.80. The summed E-state index contributed by atoms with van der Waals surface area (Å²) in [6.07, 6.45) is -0.984. The molecule has 6 nitrogen and oxygen atoms in total. The normalized spacial score (nSPS) is 11.1. The molecule has 0 bridgehead atoms. The van der Waals surface area contributed by atoms with Crippen LogP contribution in [0.15, 0.2) is 24.3 Å². The lowest BCUT2D eigenvalue weighted by molar-refractivity contribution is -0.155. The molecule has 0 aliphatic heterocycles. The van der Waals surface area contributed by atoms with E-state index in [0.717, 1.165) is 0 Å². The van der Waals surface area contributed by atoms with Gasteiger partial charge in [-0.05, 0) is 31.2 Å². The van der Waals surface area contributed by atoms with Crippen LogP contribution in [-0.2, 0) is 14.3 Å². The standard InChI is InChI=1S/C12H12N2O4/c1-8(12(14)16)18-11(15)7-17-10-4-2-9(6-13)3-5-10/h2-5,8H,7H2,1H3,(H2,14,16)/t8-/m1/s1. The van der Waals surface area contributed by atoms with E-state index in [-0.39, 0.29) is 6.61 Å². The van der Waals surface area contributed by atoms with Crippen molar-refractivity contribution in [3.8, 4) is 11.8 Å². The summed E-state index contributed by atoms with van der Waals surface area (Å²) in [5, 5.41) is 8.59. The van der Waals surface area contributed by atoms with Crippen LogP contribution in [0.2, 0.25) is 0 Å². The topological polar surface area (TPSA) is 102 Å². The molecule has 0 radical (unpaired) electrons. The number of nitrogens with two attached hydrogens (primary N) is 1. The van der Waals surface area contributed by atoms with E-state index in [1.54, 1.807) is 24.3 Å². The van der Waals surface area contributed by atoms with Crippen molar-refractivity contribution in [3.05, 3.63) is 29.8 Å². The minimum absolute atomic E-state index is 0.330. The van der Waals surface area contributed by atoms with E-state index >= 15 is 0 Å². The molecule has 1 amide bonds. The van der Waals surface area contributed by atoms with Gasteiger partial charge in [0.15, 0.2) is 12.7 Å². The highest BCUT2D eigenvalue weighted by atomic mass is 16.6. The van der Waals surface area contributed by atoms with E-state index < -0.39 is 18.0 Å². The largest absolute Gasteiger partial charge is 0.482 e. The first-order valence-corrected chi connectivity index (χ1v) is 5.14. The molecule has 1 aromatic carbocycles. The van der Waals surface area contributed by atoms with Crippen LogP contribution in [0.3, 0.4) is 0 Å². The Kier molecular flexibility index (Phi) is 4.69. The fraction of sp³-hybridized carbons (Fsp3) is 0.250. The van der Waals surface area contributed by atoms with Crippen LogP contribution in [0.4, 0.5) is 0 Å². The molecule has 6 heteroatoms. The van der Waals surface area contributed by atoms with Gasteiger partial charge in [-0.15, -0.1) is 0 Å². The first-order chi connectivity index (χ1) is 8.52. The number of primary amides is 1. The molecule has 2 N–H and O–H groups in total. The molecule has 0 saturated carbocycles. The Morgan fingerprint density at radius 1 is 1.39 bits per heavy atom. The minimum atomic E-state index is -0.984. The lowest BCUT2D eigenvalue weighted by Crippen LogP contribution is -2.32. The number of amides is 1. The summed E-state index contributed by atoms with van der Waals surface area (Å²) in [6, 6.07) is 8.20. The van der Waals surface area contributed by atoms with Gasteiger partial charge in [0.25, 0.3) is 5.91 Å². The van der Waals surface area contributed by atoms with Gasteiger partial charge in [-0.3, -0.25) is 4.79 Å². The molecule has 0 aliphatic carbocycles. The maximum absolute atomic E-state index is 11.2. The Bertz CT molecular complexity index is 476. The van der Waals surface area contributed by atoms with Crippen LogP contribution in [0.5, 0.6) is 5.75 Å². The Morgan fingerprint density at radius 2 is 2.00 bits per heavy atom. The third-order valence-corrected chi connectivity index (χ3v) is 2.05. The molecule has 0 aliphatic rings. The van der Waals surface area contributed by atoms with Gasteiger partial charge in [-0.25, -0.2) is 4.79 Å². The first kappa shape index (κ1) is 13.5. The van der Waals surface area contributed by atoms with Crippen molar-refractivity contribution in [2.75, 3.05) is 6.61 Å². The zero-order valence-corrected chi connectivity index (χ0v) is 9.75. The second-order valence-electron chi connectivity index (χ2n) is 3.46. The van der Waals surface area contributed by atoms with Crippen molar-refractivity contribution >= 4 is 11.9 Å². The molecule has 18 heavy (non-hydrogen) atoms. The molecule has 0 saturated heterocycles. The van der Waals surface area contributed by atoms with Gasteiger partial charge in [-0.2, -0.15) is 5.26 Å². The molecular weight excluding hydrogens is 236 g/mol. The predicted molar refractivity (Wildman–Crippen MR) is 61.4 cm³/mol. The van der Waals surface area contributed by atoms with Gasteiger partial charge in [0.05, 0.1) is 11.6 Å². The quantitative estimate of drug-likeness (QED) is 0.757. The van der Waals surface area contributed by atoms with E-state index in [1.807, 2.05) is 6.07 Å². The summed E-state index contributed by atoms with van der Waals surface area (Å²) in [6.45, 7) is 1.05. The third kappa shape index (κ3) is 4.14. The fourth-order valence-electron chi connectivity index (χ4n) is 1.06. The number of carbonyl (C=O) groups excluding carboxylic acids is 2. The molecule has 94 valence electrons. The molecule has 1 rings (SSSR count). The maximum Gasteiger partial charge on any atom is 0.344 e. The van der Waals surface area contributed by atoms with Crippen LogP contribution < -0.4 is 10.5 Å². The Hall–Kier alpha value is -2.55. The van der Waals surface area contributed by atoms with Gasteiger partial charge >= 0.3 is 5.97 Å². The Morgan fingerprint density at radius 3 is 2.50 bits per heavy atom. The molecule has 0 unspecified atom stereocenters. The average molecular weight is 248 g/mol. The monoisotopic (exact) mass is 248 g/mol. The van der Waals surface area contributed by atoms with E-state index in [2.05, 4.69) is 4.74 Å². The number of benzene rings is 1. The second-order valence-corrected chi connectivity index (χ2v) is 3.46. The molecule has 0 heterocycles. The van der Waals surface area contributed by atoms with E-state index in [1.165, 1.54) is 6.92 Å². The predicted octanol–water partition coefficient (Wildman–Crippen LogP) is 0.354. The summed E-state index contributed by atoms with van der Waals surface area (Å²) >= 11 is 0. The Balaban J connectivity index is 2.43. The van der Waals surface area contributed by atoms with Crippen molar-refractivity contribution in [2.45, 2.75) is 13.0 Å². The SMILES string of the molecule is C[C@@H](OC(=O)COc1ccc(C#N)cc1)C(N)=O. The van der Waals surface area contributed by atoms with Crippen LogP contribution in [0.1, 0.15) is 12.5 Å². The highest BCUT2D eigenvalue weighted by Gasteiger charge is 2.14. The lowest BCUT2D eigenvalue weighted by Gasteiger charge is -2.10. The molecular formula is C12H12N2O4. The summed E-state index contributed by atoms with van der Waals surface area (Å²) in [5.41, 5.74) is 5.43. The zero-order chi connectivity index (χ0) is 13.5. The number of carbonyl (C=O) groups is 2. The first-order valence-electron chi connectivity index (χ1n) is 5.14. The average Bonchev–Trinajstić information content (AvgIpc) is 2.36. The second kappa shape index (κ2) is 6.25. The zero-order valence-electron chi connectivity index (χ0n) is 9.75. The van der Waals surface area contributed by atoms with Crippen molar-refractivity contribution in [1.29, 1.82) is 5.26 Å². The highest BCUT2D eigenvalue weighted by molar-refractivity contribution is 5.82. The number of hydrogen-bond donors (Lipinski definition) is 1. The van der Waals surface area contributed by atoms with Crippen molar-refractivity contribution in [1.82, 2.24) is 0 Å². The van der Waals surface area contributed by atoms with Crippen molar-refractivity contribution < 1.29 is 19.1 Å². The molecule has 0 aromatic heterocycles. The van der Waals surface area contributed by atoms with Gasteiger partial charge in [0.1, 0.15) is 5.75 Å². The third-order valence-electron chi connectivity index (χ3n) is 2.05. The van der Waals surface area contributed by atoms with Crippen molar-refractivity contribution in [2.24, 2.45) is 5.73 Å². The number of esters is 1. The fourth-order valence-corrected chi connectivity index (χ4v) is 1.06. The lowest BCUT2D eigenvalue weighted by atomic mass is 10.2. The molecule has 0 fully saturated rings. The molecule has 1 aromatic rings. The van der Waals surface area contributed by atoms with Crippen LogP contribution >= 0.6 is 0 Å². The van der Waals surface area contributed by atoms with E-state index in [9.17, 15) is 9.59 Å². The maximum atomic E-state index is 11.2. The van der Waals surface area contributed by atoms with Crippen LogP contribution in [0, 0.1) is 11.3 Å². The summed E-state index contributed by atoms with van der Waals surface area (Å²) in [4.78, 5) is 21.9. The number of ether oxygens (including phenoxy) is 2. The number of hydrogen-bond acceptors (Lipinski definition) is 5.